The predicted octanol–water partition coefficient (Wildman–Crippen LogP) is 5.31. The Morgan fingerprint density at radius 3 is 2.09 bits per heavy atom. The van der Waals surface area contributed by atoms with Crippen LogP contribution < -0.4 is 9.62 Å². The lowest BCUT2D eigenvalue weighted by Crippen LogP contribution is -2.61. The van der Waals surface area contributed by atoms with Gasteiger partial charge < -0.3 is 5.32 Å². The summed E-state index contributed by atoms with van der Waals surface area (Å²) in [5.74, 6) is 0. The number of nitrogens with one attached hydrogen (secondary N) is 1. The highest BCUT2D eigenvalue weighted by atomic mass is 35.5. The van der Waals surface area contributed by atoms with Gasteiger partial charge in [-0.15, -0.1) is 0 Å². The second kappa shape index (κ2) is 9.27. The van der Waals surface area contributed by atoms with Crippen LogP contribution in [0, 0.1) is 0 Å². The second-order valence-corrected chi connectivity index (χ2v) is 11.5. The van der Waals surface area contributed by atoms with Gasteiger partial charge in [0.2, 0.25) is 10.0 Å². The van der Waals surface area contributed by atoms with E-state index in [1.807, 2.05) is 79.0 Å². The van der Waals surface area contributed by atoms with Crippen molar-refractivity contribution in [2.75, 3.05) is 23.7 Å². The molecule has 1 fully saturated rings. The van der Waals surface area contributed by atoms with Crippen LogP contribution in [0.1, 0.15) is 28.3 Å². The van der Waals surface area contributed by atoms with E-state index in [0.717, 1.165) is 27.9 Å². The minimum absolute atomic E-state index is 0.0269. The van der Waals surface area contributed by atoms with Crippen LogP contribution >= 0.6 is 23.2 Å². The van der Waals surface area contributed by atoms with Gasteiger partial charge in [0, 0.05) is 35.2 Å². The summed E-state index contributed by atoms with van der Waals surface area (Å²) in [5, 5.41) is 4.55. The maximum atomic E-state index is 13.0. The van der Waals surface area contributed by atoms with Gasteiger partial charge in [0.05, 0.1) is 24.0 Å². The molecule has 0 spiro atoms. The van der Waals surface area contributed by atoms with Crippen LogP contribution in [0.2, 0.25) is 10.0 Å². The van der Waals surface area contributed by atoms with Crippen molar-refractivity contribution in [1.29, 1.82) is 0 Å². The van der Waals surface area contributed by atoms with Gasteiger partial charge in [-0.3, -0.25) is 9.21 Å². The zero-order valence-corrected chi connectivity index (χ0v) is 21.0. The molecule has 0 aliphatic carbocycles. The zero-order valence-electron chi connectivity index (χ0n) is 18.7. The summed E-state index contributed by atoms with van der Waals surface area (Å²) in [5.41, 5.74) is 4.98. The summed E-state index contributed by atoms with van der Waals surface area (Å²) < 4.78 is 27.6. The molecule has 176 valence electrons. The lowest BCUT2D eigenvalue weighted by Gasteiger charge is -2.49. The Morgan fingerprint density at radius 1 is 0.941 bits per heavy atom. The number of anilines is 1. The van der Waals surface area contributed by atoms with Crippen LogP contribution in [0.15, 0.2) is 72.9 Å². The number of hydrogen-bond acceptors (Lipinski definition) is 4. The quantitative estimate of drug-likeness (QED) is 0.485. The van der Waals surface area contributed by atoms with Crippen LogP contribution in [0.25, 0.3) is 6.08 Å². The number of nitrogens with zero attached hydrogens (tertiary/aromatic N) is 2. The molecule has 0 amide bonds. The fourth-order valence-corrected chi connectivity index (χ4v) is 6.29. The highest BCUT2D eigenvalue weighted by Crippen LogP contribution is 2.38. The first-order chi connectivity index (χ1) is 16.3. The lowest BCUT2D eigenvalue weighted by molar-refractivity contribution is 0.116. The van der Waals surface area contributed by atoms with Gasteiger partial charge in [-0.05, 0) is 59.3 Å². The van der Waals surface area contributed by atoms with Crippen molar-refractivity contribution in [2.24, 2.45) is 0 Å². The average molecular weight is 514 g/mol. The van der Waals surface area contributed by atoms with Crippen LogP contribution in [0.4, 0.5) is 5.69 Å². The third-order valence-electron chi connectivity index (χ3n) is 6.39. The van der Waals surface area contributed by atoms with E-state index in [2.05, 4.69) is 10.2 Å². The van der Waals surface area contributed by atoms with E-state index in [9.17, 15) is 8.42 Å². The van der Waals surface area contributed by atoms with Gasteiger partial charge in [0.15, 0.2) is 0 Å². The van der Waals surface area contributed by atoms with Crippen LogP contribution in [0.5, 0.6) is 0 Å². The van der Waals surface area contributed by atoms with Gasteiger partial charge >= 0.3 is 0 Å². The zero-order chi connectivity index (χ0) is 23.9. The Kier molecular flexibility index (Phi) is 6.34. The molecule has 3 aromatic carbocycles. The Balaban J connectivity index is 1.47. The number of halogens is 2. The smallest absolute Gasteiger partial charge is 0.232 e. The normalized spacial score (nSPS) is 16.1. The fraction of sp³-hybridized carbons (Fsp3) is 0.231. The van der Waals surface area contributed by atoms with Crippen molar-refractivity contribution in [3.8, 4) is 0 Å². The lowest BCUT2D eigenvalue weighted by atomic mass is 9.92. The summed E-state index contributed by atoms with van der Waals surface area (Å²) in [7, 11) is -3.48. The summed E-state index contributed by atoms with van der Waals surface area (Å²) in [6, 6.07) is 21.3. The molecule has 2 heterocycles. The number of hydrogen-bond donors (Lipinski definition) is 1. The SMILES string of the molecule is CS(=O)(=O)N(c1cccc2c1C=CNC2)C1CN(C(c2ccc(Cl)cc2)c2ccc(Cl)cc2)C1. The highest BCUT2D eigenvalue weighted by molar-refractivity contribution is 7.92. The summed E-state index contributed by atoms with van der Waals surface area (Å²) in [6.07, 6.45) is 5.11. The third-order valence-corrected chi connectivity index (χ3v) is 8.10. The minimum atomic E-state index is -3.48. The first kappa shape index (κ1) is 23.2. The van der Waals surface area contributed by atoms with Gasteiger partial charge in [-0.25, -0.2) is 8.42 Å². The molecule has 34 heavy (non-hydrogen) atoms. The molecule has 2 aliphatic heterocycles. The molecule has 5 rings (SSSR count). The van der Waals surface area contributed by atoms with Gasteiger partial charge in [0.1, 0.15) is 0 Å². The second-order valence-electron chi connectivity index (χ2n) is 8.74. The van der Waals surface area contributed by atoms with Crippen molar-refractivity contribution >= 4 is 45.0 Å². The molecule has 5 nitrogen and oxygen atoms in total. The number of benzene rings is 3. The van der Waals surface area contributed by atoms with E-state index in [4.69, 9.17) is 23.2 Å². The minimum Gasteiger partial charge on any atom is -0.387 e. The number of sulfonamides is 1. The summed E-state index contributed by atoms with van der Waals surface area (Å²) in [4.78, 5) is 2.29. The van der Waals surface area contributed by atoms with Crippen molar-refractivity contribution in [1.82, 2.24) is 10.2 Å². The van der Waals surface area contributed by atoms with Gasteiger partial charge in [-0.2, -0.15) is 0 Å². The monoisotopic (exact) mass is 513 g/mol. The van der Waals surface area contributed by atoms with E-state index < -0.39 is 10.0 Å². The fourth-order valence-electron chi connectivity index (χ4n) is 4.85. The molecule has 0 radical (unpaired) electrons. The van der Waals surface area contributed by atoms with E-state index in [1.54, 1.807) is 4.31 Å². The Bertz CT molecular complexity index is 1270. The maximum Gasteiger partial charge on any atom is 0.232 e. The number of likely N-dealkylation sites (tertiary alicyclic amines) is 1. The number of fused-ring (bicyclic) bond motifs is 1. The van der Waals surface area contributed by atoms with Crippen molar-refractivity contribution in [3.63, 3.8) is 0 Å². The van der Waals surface area contributed by atoms with Gasteiger partial charge in [-0.1, -0.05) is 59.6 Å². The van der Waals surface area contributed by atoms with Gasteiger partial charge in [0.25, 0.3) is 0 Å². The van der Waals surface area contributed by atoms with Crippen LogP contribution in [-0.2, 0) is 16.6 Å². The molecule has 1 N–H and O–H groups in total. The van der Waals surface area contributed by atoms with Crippen LogP contribution in [-0.4, -0.2) is 38.7 Å². The topological polar surface area (TPSA) is 52.7 Å². The van der Waals surface area contributed by atoms with Crippen LogP contribution in [0.3, 0.4) is 0 Å². The largest absolute Gasteiger partial charge is 0.387 e. The molecule has 3 aromatic rings. The van der Waals surface area contributed by atoms with E-state index in [0.29, 0.717) is 29.7 Å². The molecule has 0 saturated carbocycles. The van der Waals surface area contributed by atoms with Crippen molar-refractivity contribution in [3.05, 3.63) is 105 Å². The third kappa shape index (κ3) is 4.56. The first-order valence-corrected chi connectivity index (χ1v) is 13.7. The molecule has 0 bridgehead atoms. The molecule has 1 saturated heterocycles. The predicted molar refractivity (Wildman–Crippen MR) is 140 cm³/mol. The standard InChI is InChI=1S/C26H25Cl2N3O2S/c1-34(32,33)31(25-4-2-3-20-15-29-14-13-24(20)25)23-16-30(17-23)26(18-5-9-21(27)10-6-18)19-7-11-22(28)12-8-19/h2-14,23,26,29H,15-17H2,1H3. The average Bonchev–Trinajstić information content (AvgIpc) is 2.79. The summed E-state index contributed by atoms with van der Waals surface area (Å²) >= 11 is 12.3. The molecular weight excluding hydrogens is 489 g/mol. The van der Waals surface area contributed by atoms with Crippen molar-refractivity contribution in [2.45, 2.75) is 18.6 Å². The maximum absolute atomic E-state index is 13.0. The molecule has 0 aromatic heterocycles. The molecule has 2 aliphatic rings. The molecular formula is C26H25Cl2N3O2S. The first-order valence-electron chi connectivity index (χ1n) is 11.1. The van der Waals surface area contributed by atoms with E-state index in [-0.39, 0.29) is 12.1 Å². The van der Waals surface area contributed by atoms with E-state index in [1.165, 1.54) is 6.26 Å². The molecule has 8 heteroatoms. The van der Waals surface area contributed by atoms with Crippen molar-refractivity contribution < 1.29 is 8.42 Å². The Morgan fingerprint density at radius 2 is 1.53 bits per heavy atom. The number of rotatable bonds is 6. The molecule has 0 atom stereocenters. The summed E-state index contributed by atoms with van der Waals surface area (Å²) in [6.45, 7) is 1.90. The molecule has 0 unspecified atom stereocenters. The Labute approximate surface area is 210 Å². The Hall–Kier alpha value is -2.51. The van der Waals surface area contributed by atoms with E-state index >= 15 is 0 Å². The highest BCUT2D eigenvalue weighted by Gasteiger charge is 2.41.